The van der Waals surface area contributed by atoms with Gasteiger partial charge in [0.25, 0.3) is 0 Å². The third kappa shape index (κ3) is 7.06. The van der Waals surface area contributed by atoms with Crippen molar-refractivity contribution in [3.63, 3.8) is 0 Å². The summed E-state index contributed by atoms with van der Waals surface area (Å²) in [5.41, 5.74) is 0. The van der Waals surface area contributed by atoms with Gasteiger partial charge in [-0.25, -0.2) is 0 Å². The molecule has 5 heteroatoms. The minimum absolute atomic E-state index is 0.0345. The van der Waals surface area contributed by atoms with Crippen LogP contribution >= 0.6 is 12.6 Å². The molecule has 0 saturated heterocycles. The quantitative estimate of drug-likeness (QED) is 0.547. The number of thiol groups is 1. The van der Waals surface area contributed by atoms with Gasteiger partial charge in [-0.05, 0) is 45.5 Å². The lowest BCUT2D eigenvalue weighted by Gasteiger charge is -2.34. The molecule has 1 atom stereocenters. The first-order valence-electron chi connectivity index (χ1n) is 5.28. The number of rotatable bonds is 7. The maximum Gasteiger partial charge on any atom is 0.335 e. The minimum Gasteiger partial charge on any atom is -0.395 e. The topological polar surface area (TPSA) is 18.5 Å². The molecule has 0 spiro atoms. The van der Waals surface area contributed by atoms with E-state index < -0.39 is 8.56 Å². The molecule has 2 nitrogen and oxygen atoms in total. The van der Waals surface area contributed by atoms with Gasteiger partial charge in [-0.1, -0.05) is 0 Å². The van der Waals surface area contributed by atoms with E-state index in [1.807, 2.05) is 6.92 Å². The summed E-state index contributed by atoms with van der Waals surface area (Å²) in [6.45, 7) is 9.25. The molecular weight excluding hydrogens is 228 g/mol. The minimum atomic E-state index is -1.92. The maximum absolute atomic E-state index is 6.11. The molecule has 0 aliphatic rings. The van der Waals surface area contributed by atoms with Gasteiger partial charge >= 0.3 is 8.56 Å². The molecule has 0 aliphatic carbocycles. The largest absolute Gasteiger partial charge is 0.395 e. The van der Waals surface area contributed by atoms with E-state index in [2.05, 4.69) is 33.0 Å². The fourth-order valence-electron chi connectivity index (χ4n) is 1.51. The fraction of sp³-hybridized carbons (Fsp3) is 1.00. The Morgan fingerprint density at radius 1 is 1.43 bits per heavy atom. The Labute approximate surface area is 97.8 Å². The van der Waals surface area contributed by atoms with E-state index in [1.54, 1.807) is 0 Å². The molecule has 14 heavy (non-hydrogen) atoms. The van der Waals surface area contributed by atoms with E-state index in [0.29, 0.717) is 0 Å². The van der Waals surface area contributed by atoms with Crippen molar-refractivity contribution in [2.75, 3.05) is 12.4 Å². The summed E-state index contributed by atoms with van der Waals surface area (Å²) in [5, 5.41) is 0.0345. The van der Waals surface area contributed by atoms with Crippen molar-refractivity contribution in [3.05, 3.63) is 0 Å². The Balaban J connectivity index is 4.23. The van der Waals surface area contributed by atoms with Crippen LogP contribution in [-0.4, -0.2) is 36.4 Å². The first-order chi connectivity index (χ1) is 6.33. The molecule has 0 fully saturated rings. The van der Waals surface area contributed by atoms with Crippen LogP contribution in [0, 0.1) is 0 Å². The third-order valence-electron chi connectivity index (χ3n) is 1.76. The Kier molecular flexibility index (Phi) is 6.64. The Hall–Kier alpha value is 0.704. The zero-order valence-electron chi connectivity index (χ0n) is 10.1. The highest BCUT2D eigenvalue weighted by molar-refractivity contribution is 7.80. The molecule has 0 N–H and O–H groups in total. The zero-order valence-corrected chi connectivity index (χ0v) is 14.0. The second kappa shape index (κ2) is 6.32. The molecule has 0 radical (unpaired) electrons. The molecule has 0 heterocycles. The van der Waals surface area contributed by atoms with Gasteiger partial charge in [0.1, 0.15) is 0 Å². The third-order valence-corrected chi connectivity index (χ3v) is 5.89. The van der Waals surface area contributed by atoms with Gasteiger partial charge in [0.2, 0.25) is 0 Å². The molecule has 0 bridgehead atoms. The predicted octanol–water partition coefficient (Wildman–Crippen LogP) is 1.53. The molecule has 0 amide bonds. The Bertz CT molecular complexity index is 161. The molecule has 0 aromatic heterocycles. The van der Waals surface area contributed by atoms with Gasteiger partial charge in [0.15, 0.2) is 0 Å². The predicted molar refractivity (Wildman–Crippen MR) is 71.6 cm³/mol. The summed E-state index contributed by atoms with van der Waals surface area (Å²) in [6, 6.07) is 1.05. The molecular formula is C9H24O2SSi2. The van der Waals surface area contributed by atoms with Gasteiger partial charge in [-0.3, -0.25) is 0 Å². The second-order valence-corrected chi connectivity index (χ2v) is 10.7. The summed E-state index contributed by atoms with van der Waals surface area (Å²) >= 11 is 4.23. The van der Waals surface area contributed by atoms with E-state index in [0.717, 1.165) is 35.1 Å². The lowest BCUT2D eigenvalue weighted by Crippen LogP contribution is -2.46. The van der Waals surface area contributed by atoms with Gasteiger partial charge in [-0.15, -0.1) is 0 Å². The molecule has 0 aromatic rings. The van der Waals surface area contributed by atoms with Crippen LogP contribution in [0.2, 0.25) is 12.6 Å². The summed E-state index contributed by atoms with van der Waals surface area (Å²) in [6.07, 6.45) is 1.09. The van der Waals surface area contributed by atoms with Crippen LogP contribution in [-0.2, 0) is 8.85 Å². The molecule has 0 saturated carbocycles. The summed E-state index contributed by atoms with van der Waals surface area (Å²) < 4.78 is 11.9. The summed E-state index contributed by atoms with van der Waals surface area (Å²) in [7, 11) is -0.882. The van der Waals surface area contributed by atoms with Crippen molar-refractivity contribution in [2.24, 2.45) is 0 Å². The number of hydrogen-bond acceptors (Lipinski definition) is 3. The SMILES string of the molecule is CCO[Si](C)(CCCS)OC(C)(C)[SiH3]. The summed E-state index contributed by atoms with van der Waals surface area (Å²) in [4.78, 5) is 0. The van der Waals surface area contributed by atoms with E-state index >= 15 is 0 Å². The van der Waals surface area contributed by atoms with Gasteiger partial charge in [-0.2, -0.15) is 12.6 Å². The van der Waals surface area contributed by atoms with Crippen LogP contribution in [0.4, 0.5) is 0 Å². The zero-order chi connectivity index (χ0) is 11.2. The highest BCUT2D eigenvalue weighted by Crippen LogP contribution is 2.21. The fourth-order valence-corrected chi connectivity index (χ4v) is 6.29. The van der Waals surface area contributed by atoms with E-state index in [1.165, 1.54) is 0 Å². The highest BCUT2D eigenvalue weighted by Gasteiger charge is 2.34. The van der Waals surface area contributed by atoms with E-state index in [-0.39, 0.29) is 5.22 Å². The average Bonchev–Trinajstić information content (AvgIpc) is 1.98. The molecule has 86 valence electrons. The van der Waals surface area contributed by atoms with Crippen LogP contribution in [0.5, 0.6) is 0 Å². The Morgan fingerprint density at radius 2 is 2.00 bits per heavy atom. The average molecular weight is 253 g/mol. The molecule has 0 aliphatic heterocycles. The highest BCUT2D eigenvalue weighted by atomic mass is 32.1. The van der Waals surface area contributed by atoms with Gasteiger partial charge in [0.05, 0.1) is 0 Å². The van der Waals surface area contributed by atoms with Crippen molar-refractivity contribution >= 4 is 31.4 Å². The maximum atomic E-state index is 6.11. The van der Waals surface area contributed by atoms with Crippen molar-refractivity contribution in [1.29, 1.82) is 0 Å². The van der Waals surface area contributed by atoms with Crippen LogP contribution in [0.1, 0.15) is 27.2 Å². The summed E-state index contributed by atoms with van der Waals surface area (Å²) in [5.74, 6) is 0.917. The van der Waals surface area contributed by atoms with Crippen molar-refractivity contribution in [3.8, 4) is 0 Å². The first-order valence-corrected chi connectivity index (χ1v) is 9.43. The van der Waals surface area contributed by atoms with Crippen molar-refractivity contribution < 1.29 is 8.85 Å². The lowest BCUT2D eigenvalue weighted by molar-refractivity contribution is 0.114. The molecule has 1 unspecified atom stereocenters. The normalized spacial score (nSPS) is 16.9. The number of hydrogen-bond donors (Lipinski definition) is 1. The molecule has 0 rings (SSSR count). The lowest BCUT2D eigenvalue weighted by atomic mass is 10.5. The Morgan fingerprint density at radius 3 is 2.36 bits per heavy atom. The van der Waals surface area contributed by atoms with Crippen molar-refractivity contribution in [2.45, 2.75) is 45.0 Å². The second-order valence-electron chi connectivity index (χ2n) is 4.61. The van der Waals surface area contributed by atoms with Crippen LogP contribution in [0.15, 0.2) is 0 Å². The monoisotopic (exact) mass is 252 g/mol. The van der Waals surface area contributed by atoms with E-state index in [4.69, 9.17) is 8.85 Å². The van der Waals surface area contributed by atoms with Gasteiger partial charge in [0, 0.05) is 22.1 Å². The van der Waals surface area contributed by atoms with Crippen LogP contribution in [0.25, 0.3) is 0 Å². The van der Waals surface area contributed by atoms with Crippen LogP contribution < -0.4 is 0 Å². The first kappa shape index (κ1) is 14.7. The van der Waals surface area contributed by atoms with Crippen LogP contribution in [0.3, 0.4) is 0 Å². The van der Waals surface area contributed by atoms with E-state index in [9.17, 15) is 0 Å². The van der Waals surface area contributed by atoms with Gasteiger partial charge < -0.3 is 8.85 Å². The standard InChI is InChI=1S/C9H24O2SSi2/c1-5-10-14(4,8-6-7-12)11-9(2,3)13/h12H,5-8H2,1-4,13H3. The van der Waals surface area contributed by atoms with Crippen molar-refractivity contribution in [1.82, 2.24) is 0 Å². The smallest absolute Gasteiger partial charge is 0.335 e. The molecule has 0 aromatic carbocycles.